The molecule has 29 heavy (non-hydrogen) atoms. The van der Waals surface area contributed by atoms with Gasteiger partial charge in [0.2, 0.25) is 0 Å². The monoisotopic (exact) mass is 394 g/mol. The summed E-state index contributed by atoms with van der Waals surface area (Å²) in [7, 11) is 0. The molecule has 1 saturated carbocycles. The molecule has 0 unspecified atom stereocenters. The van der Waals surface area contributed by atoms with Crippen molar-refractivity contribution in [3.8, 4) is 17.0 Å². The maximum absolute atomic E-state index is 6.08. The van der Waals surface area contributed by atoms with Crippen molar-refractivity contribution in [2.75, 3.05) is 6.61 Å². The van der Waals surface area contributed by atoms with Gasteiger partial charge in [-0.2, -0.15) is 0 Å². The van der Waals surface area contributed by atoms with Crippen LogP contribution in [0.4, 0.5) is 0 Å². The molecule has 2 aromatic rings. The number of hydrogen-bond donors (Lipinski definition) is 0. The fourth-order valence-electron chi connectivity index (χ4n) is 4.40. The van der Waals surface area contributed by atoms with Gasteiger partial charge in [0.15, 0.2) is 0 Å². The van der Waals surface area contributed by atoms with Crippen LogP contribution in [-0.2, 0) is 6.42 Å². The van der Waals surface area contributed by atoms with Crippen LogP contribution in [0.15, 0.2) is 36.7 Å². The molecule has 1 aliphatic carbocycles. The van der Waals surface area contributed by atoms with Crippen molar-refractivity contribution < 1.29 is 4.74 Å². The third kappa shape index (κ3) is 7.13. The number of hydrogen-bond acceptors (Lipinski definition) is 3. The van der Waals surface area contributed by atoms with Gasteiger partial charge in [0.05, 0.1) is 24.2 Å². The van der Waals surface area contributed by atoms with E-state index >= 15 is 0 Å². The summed E-state index contributed by atoms with van der Waals surface area (Å²) >= 11 is 0. The highest BCUT2D eigenvalue weighted by Crippen LogP contribution is 2.32. The predicted molar refractivity (Wildman–Crippen MR) is 121 cm³/mol. The molecule has 0 bridgehead atoms. The zero-order valence-corrected chi connectivity index (χ0v) is 18.4. The first-order valence-corrected chi connectivity index (χ1v) is 11.8. The molecule has 3 nitrogen and oxygen atoms in total. The predicted octanol–water partition coefficient (Wildman–Crippen LogP) is 7.25. The highest BCUT2D eigenvalue weighted by molar-refractivity contribution is 5.58. The standard InChI is InChI=1S/C26H38N2O/c1-3-5-6-7-9-24-18-28-26(19-27-24)23-14-16-25(17-15-23)29-20-22-12-10-21(8-4-2)11-13-22/h14-19,21-22H,3-13,20H2,1-2H3. The second kappa shape index (κ2) is 11.9. The van der Waals surface area contributed by atoms with Crippen LogP contribution in [-0.4, -0.2) is 16.6 Å². The summed E-state index contributed by atoms with van der Waals surface area (Å²) in [6.07, 6.45) is 18.1. The maximum atomic E-state index is 6.08. The van der Waals surface area contributed by atoms with Gasteiger partial charge >= 0.3 is 0 Å². The summed E-state index contributed by atoms with van der Waals surface area (Å²) in [6, 6.07) is 8.33. The SMILES string of the molecule is CCCCCCc1cnc(-c2ccc(OCC3CCC(CCC)CC3)cc2)cn1. The molecule has 158 valence electrons. The molecule has 0 amide bonds. The quantitative estimate of drug-likeness (QED) is 0.376. The first-order chi connectivity index (χ1) is 14.3. The molecule has 3 heteroatoms. The number of rotatable bonds is 11. The van der Waals surface area contributed by atoms with Gasteiger partial charge in [-0.15, -0.1) is 0 Å². The van der Waals surface area contributed by atoms with Crippen LogP contribution in [0.3, 0.4) is 0 Å². The lowest BCUT2D eigenvalue weighted by Crippen LogP contribution is -2.20. The molecule has 1 fully saturated rings. The molecule has 0 atom stereocenters. The van der Waals surface area contributed by atoms with E-state index in [9.17, 15) is 0 Å². The van der Waals surface area contributed by atoms with E-state index in [2.05, 4.69) is 48.1 Å². The fourth-order valence-corrected chi connectivity index (χ4v) is 4.40. The van der Waals surface area contributed by atoms with Crippen molar-refractivity contribution in [3.63, 3.8) is 0 Å². The lowest BCUT2D eigenvalue weighted by atomic mass is 9.80. The van der Waals surface area contributed by atoms with E-state index in [4.69, 9.17) is 4.74 Å². The van der Waals surface area contributed by atoms with Crippen molar-refractivity contribution >= 4 is 0 Å². The lowest BCUT2D eigenvalue weighted by molar-refractivity contribution is 0.178. The Morgan fingerprint density at radius 1 is 0.828 bits per heavy atom. The second-order valence-corrected chi connectivity index (χ2v) is 8.71. The van der Waals surface area contributed by atoms with Crippen molar-refractivity contribution in [2.45, 2.75) is 84.5 Å². The van der Waals surface area contributed by atoms with Crippen molar-refractivity contribution in [2.24, 2.45) is 11.8 Å². The molecular weight excluding hydrogens is 356 g/mol. The largest absolute Gasteiger partial charge is 0.493 e. The van der Waals surface area contributed by atoms with Gasteiger partial charge in [0.1, 0.15) is 5.75 Å². The molecule has 1 aliphatic rings. The normalized spacial score (nSPS) is 19.2. The molecule has 0 N–H and O–H groups in total. The van der Waals surface area contributed by atoms with Crippen LogP contribution < -0.4 is 4.74 Å². The Morgan fingerprint density at radius 3 is 2.24 bits per heavy atom. The van der Waals surface area contributed by atoms with Crippen LogP contribution in [0.1, 0.15) is 83.7 Å². The Kier molecular flexibility index (Phi) is 8.98. The third-order valence-electron chi connectivity index (χ3n) is 6.29. The van der Waals surface area contributed by atoms with E-state index < -0.39 is 0 Å². The summed E-state index contributed by atoms with van der Waals surface area (Å²) in [6.45, 7) is 5.39. The fraction of sp³-hybridized carbons (Fsp3) is 0.615. The Hall–Kier alpha value is -1.90. The maximum Gasteiger partial charge on any atom is 0.119 e. The number of ether oxygens (including phenoxy) is 1. The molecule has 1 aromatic heterocycles. The first kappa shape index (κ1) is 21.8. The van der Waals surface area contributed by atoms with E-state index in [1.807, 2.05) is 12.4 Å². The van der Waals surface area contributed by atoms with Crippen molar-refractivity contribution in [1.82, 2.24) is 9.97 Å². The molecule has 0 saturated heterocycles. The Balaban J connectivity index is 1.44. The van der Waals surface area contributed by atoms with Gasteiger partial charge in [0.25, 0.3) is 0 Å². The summed E-state index contributed by atoms with van der Waals surface area (Å²) < 4.78 is 6.08. The summed E-state index contributed by atoms with van der Waals surface area (Å²) in [4.78, 5) is 9.21. The summed E-state index contributed by atoms with van der Waals surface area (Å²) in [5.41, 5.74) is 3.13. The number of benzene rings is 1. The summed E-state index contributed by atoms with van der Waals surface area (Å²) in [5.74, 6) is 2.64. The zero-order chi connectivity index (χ0) is 20.3. The third-order valence-corrected chi connectivity index (χ3v) is 6.29. The number of aromatic nitrogens is 2. The molecule has 0 spiro atoms. The topological polar surface area (TPSA) is 35.0 Å². The van der Waals surface area contributed by atoms with Gasteiger partial charge in [-0.25, -0.2) is 0 Å². The van der Waals surface area contributed by atoms with E-state index in [-0.39, 0.29) is 0 Å². The molecule has 3 rings (SSSR count). The van der Waals surface area contributed by atoms with Crippen molar-refractivity contribution in [1.29, 1.82) is 0 Å². The van der Waals surface area contributed by atoms with Crippen LogP contribution >= 0.6 is 0 Å². The minimum atomic E-state index is 0.721. The zero-order valence-electron chi connectivity index (χ0n) is 18.4. The molecule has 1 heterocycles. The second-order valence-electron chi connectivity index (χ2n) is 8.71. The molecule has 0 radical (unpaired) electrons. The highest BCUT2D eigenvalue weighted by atomic mass is 16.5. The van der Waals surface area contributed by atoms with E-state index in [1.165, 1.54) is 64.2 Å². The Morgan fingerprint density at radius 2 is 1.59 bits per heavy atom. The highest BCUT2D eigenvalue weighted by Gasteiger charge is 2.21. The van der Waals surface area contributed by atoms with Gasteiger partial charge < -0.3 is 4.74 Å². The van der Waals surface area contributed by atoms with Gasteiger partial charge in [0, 0.05) is 11.8 Å². The van der Waals surface area contributed by atoms with Crippen LogP contribution in [0, 0.1) is 11.8 Å². The minimum Gasteiger partial charge on any atom is -0.493 e. The van der Waals surface area contributed by atoms with E-state index in [1.54, 1.807) is 0 Å². The molecular formula is C26H38N2O. The number of aryl methyl sites for hydroxylation is 1. The van der Waals surface area contributed by atoms with Crippen LogP contribution in [0.5, 0.6) is 5.75 Å². The van der Waals surface area contributed by atoms with Crippen LogP contribution in [0.25, 0.3) is 11.3 Å². The van der Waals surface area contributed by atoms with Gasteiger partial charge in [-0.05, 0) is 61.8 Å². The molecule has 0 aliphatic heterocycles. The van der Waals surface area contributed by atoms with E-state index in [0.717, 1.165) is 47.6 Å². The van der Waals surface area contributed by atoms with Gasteiger partial charge in [-0.3, -0.25) is 9.97 Å². The summed E-state index contributed by atoms with van der Waals surface area (Å²) in [5, 5.41) is 0. The minimum absolute atomic E-state index is 0.721. The van der Waals surface area contributed by atoms with E-state index in [0.29, 0.717) is 0 Å². The Bertz CT molecular complexity index is 688. The van der Waals surface area contributed by atoms with Crippen molar-refractivity contribution in [3.05, 3.63) is 42.4 Å². The van der Waals surface area contributed by atoms with Crippen LogP contribution in [0.2, 0.25) is 0 Å². The Labute approximate surface area is 177 Å². The number of unbranched alkanes of at least 4 members (excludes halogenated alkanes) is 3. The molecule has 1 aromatic carbocycles. The average molecular weight is 395 g/mol. The lowest BCUT2D eigenvalue weighted by Gasteiger charge is -2.28. The average Bonchev–Trinajstić information content (AvgIpc) is 2.77. The number of nitrogens with zero attached hydrogens (tertiary/aromatic N) is 2. The smallest absolute Gasteiger partial charge is 0.119 e. The van der Waals surface area contributed by atoms with Gasteiger partial charge in [-0.1, -0.05) is 58.8 Å². The first-order valence-electron chi connectivity index (χ1n) is 11.8.